The second kappa shape index (κ2) is 9.42. The number of aliphatic hydroxyl groups is 1. The van der Waals surface area contributed by atoms with E-state index in [4.69, 9.17) is 4.99 Å². The van der Waals surface area contributed by atoms with E-state index in [9.17, 15) is 5.11 Å². The molecule has 23 heavy (non-hydrogen) atoms. The molecule has 1 saturated heterocycles. The molecule has 0 spiro atoms. The van der Waals surface area contributed by atoms with Crippen molar-refractivity contribution in [1.82, 2.24) is 15.5 Å². The Kier molecular flexibility index (Phi) is 7.88. The number of nitrogens with one attached hydrogen (secondary N) is 2. The Hall–Kier alpha value is -0.0800. The van der Waals surface area contributed by atoms with Gasteiger partial charge in [-0.3, -0.25) is 4.99 Å². The van der Waals surface area contributed by atoms with Gasteiger partial charge in [-0.2, -0.15) is 0 Å². The lowest BCUT2D eigenvalue weighted by atomic mass is 9.93. The number of aliphatic hydroxyl groups excluding tert-OH is 1. The summed E-state index contributed by atoms with van der Waals surface area (Å²) in [6, 6.07) is 1.36. The van der Waals surface area contributed by atoms with Gasteiger partial charge < -0.3 is 20.6 Å². The maximum Gasteiger partial charge on any atom is 0.191 e. The summed E-state index contributed by atoms with van der Waals surface area (Å²) in [7, 11) is 0. The Morgan fingerprint density at radius 2 is 1.87 bits per heavy atom. The fourth-order valence-electron chi connectivity index (χ4n) is 3.74. The normalized spacial score (nSPS) is 32.4. The van der Waals surface area contributed by atoms with E-state index in [0.717, 1.165) is 56.7 Å². The van der Waals surface area contributed by atoms with Crippen LogP contribution >= 0.6 is 24.0 Å². The van der Waals surface area contributed by atoms with E-state index >= 15 is 0 Å². The first-order valence-corrected chi connectivity index (χ1v) is 9.21. The monoisotopic (exact) mass is 436 g/mol. The molecule has 2 saturated carbocycles. The summed E-state index contributed by atoms with van der Waals surface area (Å²) in [5, 5.41) is 16.5. The van der Waals surface area contributed by atoms with Crippen molar-refractivity contribution >= 4 is 29.9 Å². The van der Waals surface area contributed by atoms with Crippen molar-refractivity contribution < 1.29 is 5.11 Å². The summed E-state index contributed by atoms with van der Waals surface area (Å²) >= 11 is 0. The van der Waals surface area contributed by atoms with E-state index < -0.39 is 0 Å². The number of hydrogen-bond acceptors (Lipinski definition) is 3. The molecule has 1 aliphatic heterocycles. The molecule has 0 aromatic carbocycles. The van der Waals surface area contributed by atoms with Gasteiger partial charge in [-0.05, 0) is 64.3 Å². The highest BCUT2D eigenvalue weighted by atomic mass is 127. The molecule has 3 fully saturated rings. The standard InChI is InChI=1S/C17H32N4O.HI/c1-2-18-17(20-14-3-7-16(22)8-4-14)19-11-13-9-10-21(12-13)15-5-6-15;/h13-16,22H,2-12H2,1H3,(H2,18,19,20);1H. The van der Waals surface area contributed by atoms with Gasteiger partial charge >= 0.3 is 0 Å². The molecule has 6 heteroatoms. The summed E-state index contributed by atoms with van der Waals surface area (Å²) in [5.41, 5.74) is 0. The summed E-state index contributed by atoms with van der Waals surface area (Å²) < 4.78 is 0. The topological polar surface area (TPSA) is 59.9 Å². The summed E-state index contributed by atoms with van der Waals surface area (Å²) in [4.78, 5) is 7.48. The Morgan fingerprint density at radius 3 is 2.52 bits per heavy atom. The summed E-state index contributed by atoms with van der Waals surface area (Å²) in [5.74, 6) is 1.69. The van der Waals surface area contributed by atoms with Crippen LogP contribution < -0.4 is 10.6 Å². The average Bonchev–Trinajstić information content (AvgIpc) is 3.26. The van der Waals surface area contributed by atoms with Gasteiger partial charge in [-0.25, -0.2) is 0 Å². The predicted octanol–water partition coefficient (Wildman–Crippen LogP) is 1.95. The van der Waals surface area contributed by atoms with Crippen LogP contribution in [0.25, 0.3) is 0 Å². The number of rotatable bonds is 5. The molecule has 1 heterocycles. The van der Waals surface area contributed by atoms with Gasteiger partial charge in [0.2, 0.25) is 0 Å². The number of hydrogen-bond donors (Lipinski definition) is 3. The minimum atomic E-state index is -0.0931. The molecule has 0 bridgehead atoms. The highest BCUT2D eigenvalue weighted by Gasteiger charge is 2.34. The number of nitrogens with zero attached hydrogens (tertiary/aromatic N) is 2. The third-order valence-electron chi connectivity index (χ3n) is 5.27. The molecule has 1 unspecified atom stereocenters. The van der Waals surface area contributed by atoms with Crippen LogP contribution in [0, 0.1) is 5.92 Å². The van der Waals surface area contributed by atoms with Gasteiger partial charge in [-0.15, -0.1) is 24.0 Å². The van der Waals surface area contributed by atoms with Crippen LogP contribution in [-0.2, 0) is 0 Å². The summed E-state index contributed by atoms with van der Waals surface area (Å²) in [6.45, 7) is 6.47. The zero-order valence-electron chi connectivity index (χ0n) is 14.3. The fraction of sp³-hybridized carbons (Fsp3) is 0.941. The fourth-order valence-corrected chi connectivity index (χ4v) is 3.74. The molecule has 5 nitrogen and oxygen atoms in total. The first-order chi connectivity index (χ1) is 10.7. The maximum atomic E-state index is 9.61. The van der Waals surface area contributed by atoms with Crippen molar-refractivity contribution in [3.63, 3.8) is 0 Å². The molecule has 1 atom stereocenters. The van der Waals surface area contributed by atoms with Crippen molar-refractivity contribution in [3.8, 4) is 0 Å². The Labute approximate surface area is 157 Å². The smallest absolute Gasteiger partial charge is 0.191 e. The number of guanidine groups is 1. The first-order valence-electron chi connectivity index (χ1n) is 9.21. The van der Waals surface area contributed by atoms with Crippen LogP contribution in [0.2, 0.25) is 0 Å². The highest BCUT2D eigenvalue weighted by Crippen LogP contribution is 2.31. The van der Waals surface area contributed by atoms with E-state index in [1.54, 1.807) is 0 Å². The Balaban J connectivity index is 0.00000192. The third-order valence-corrected chi connectivity index (χ3v) is 5.27. The van der Waals surface area contributed by atoms with Crippen LogP contribution in [0.1, 0.15) is 51.9 Å². The van der Waals surface area contributed by atoms with Crippen molar-refractivity contribution in [2.24, 2.45) is 10.9 Å². The largest absolute Gasteiger partial charge is 0.393 e. The van der Waals surface area contributed by atoms with Gasteiger partial charge in [0.15, 0.2) is 5.96 Å². The van der Waals surface area contributed by atoms with E-state index in [-0.39, 0.29) is 30.1 Å². The van der Waals surface area contributed by atoms with E-state index in [2.05, 4.69) is 22.5 Å². The molecule has 0 amide bonds. The average molecular weight is 436 g/mol. The van der Waals surface area contributed by atoms with E-state index in [0.29, 0.717) is 6.04 Å². The molecule has 0 aromatic rings. The van der Waals surface area contributed by atoms with Crippen LogP contribution in [0.15, 0.2) is 4.99 Å². The lowest BCUT2D eigenvalue weighted by Gasteiger charge is -2.27. The van der Waals surface area contributed by atoms with Crippen LogP contribution in [0.3, 0.4) is 0 Å². The van der Waals surface area contributed by atoms with E-state index in [1.807, 2.05) is 0 Å². The molecule has 2 aliphatic carbocycles. The number of aliphatic imine (C=N–C) groups is 1. The molecule has 0 aromatic heterocycles. The summed E-state index contributed by atoms with van der Waals surface area (Å²) in [6.07, 6.45) is 7.95. The molecular formula is C17H33IN4O. The molecular weight excluding hydrogens is 403 g/mol. The first kappa shape index (κ1) is 19.2. The Bertz CT molecular complexity index is 381. The predicted molar refractivity (Wildman–Crippen MR) is 105 cm³/mol. The zero-order valence-corrected chi connectivity index (χ0v) is 16.7. The van der Waals surface area contributed by atoms with E-state index in [1.165, 1.54) is 32.4 Å². The second-order valence-electron chi connectivity index (χ2n) is 7.25. The zero-order chi connectivity index (χ0) is 15.4. The van der Waals surface area contributed by atoms with Gasteiger partial charge in [0.1, 0.15) is 0 Å². The van der Waals surface area contributed by atoms with Crippen LogP contribution in [-0.4, -0.2) is 60.3 Å². The van der Waals surface area contributed by atoms with Gasteiger partial charge in [0.05, 0.1) is 6.10 Å². The van der Waals surface area contributed by atoms with Crippen molar-refractivity contribution in [1.29, 1.82) is 0 Å². The van der Waals surface area contributed by atoms with Crippen molar-refractivity contribution in [2.75, 3.05) is 26.2 Å². The maximum absolute atomic E-state index is 9.61. The van der Waals surface area contributed by atoms with Crippen molar-refractivity contribution in [3.05, 3.63) is 0 Å². The highest BCUT2D eigenvalue weighted by molar-refractivity contribution is 14.0. The minimum Gasteiger partial charge on any atom is -0.393 e. The van der Waals surface area contributed by atoms with Gasteiger partial charge in [-0.1, -0.05) is 0 Å². The van der Waals surface area contributed by atoms with Gasteiger partial charge in [0, 0.05) is 31.7 Å². The Morgan fingerprint density at radius 1 is 1.13 bits per heavy atom. The lowest BCUT2D eigenvalue weighted by Crippen LogP contribution is -2.45. The number of likely N-dealkylation sites (tertiary alicyclic amines) is 1. The van der Waals surface area contributed by atoms with Crippen molar-refractivity contribution in [2.45, 2.75) is 70.1 Å². The molecule has 134 valence electrons. The molecule has 0 radical (unpaired) electrons. The lowest BCUT2D eigenvalue weighted by molar-refractivity contribution is 0.120. The quantitative estimate of drug-likeness (QED) is 0.350. The second-order valence-corrected chi connectivity index (χ2v) is 7.25. The minimum absolute atomic E-state index is 0. The SMILES string of the molecule is CCNC(=NCC1CCN(C2CC2)C1)NC1CCC(O)CC1.I. The molecule has 3 rings (SSSR count). The molecule has 3 N–H and O–H groups in total. The third kappa shape index (κ3) is 6.05. The van der Waals surface area contributed by atoms with Crippen LogP contribution in [0.5, 0.6) is 0 Å². The van der Waals surface area contributed by atoms with Crippen LogP contribution in [0.4, 0.5) is 0 Å². The molecule has 3 aliphatic rings. The number of halogens is 1. The van der Waals surface area contributed by atoms with Gasteiger partial charge in [0.25, 0.3) is 0 Å².